The summed E-state index contributed by atoms with van der Waals surface area (Å²) in [5.74, 6) is -0.0200. The van der Waals surface area contributed by atoms with E-state index in [9.17, 15) is 14.4 Å². The second-order valence-corrected chi connectivity index (χ2v) is 9.00. The van der Waals surface area contributed by atoms with E-state index in [1.165, 1.54) is 6.20 Å². The molecule has 5 N–H and O–H groups in total. The smallest absolute Gasteiger partial charge is 0.280 e. The predicted molar refractivity (Wildman–Crippen MR) is 127 cm³/mol. The lowest BCUT2D eigenvalue weighted by molar-refractivity contribution is -0.126. The van der Waals surface area contributed by atoms with Crippen LogP contribution in [0.25, 0.3) is 11.2 Å². The lowest BCUT2D eigenvalue weighted by Crippen LogP contribution is -2.33. The van der Waals surface area contributed by atoms with Gasteiger partial charge in [0, 0.05) is 29.1 Å². The van der Waals surface area contributed by atoms with Crippen LogP contribution in [0.15, 0.2) is 35.3 Å². The number of hydrogen-bond donors (Lipinski definition) is 4. The summed E-state index contributed by atoms with van der Waals surface area (Å²) >= 11 is 0. The number of ketones is 1. The Bertz CT molecular complexity index is 1210. The van der Waals surface area contributed by atoms with Crippen molar-refractivity contribution in [2.24, 2.45) is 5.41 Å². The lowest BCUT2D eigenvalue weighted by Gasteiger charge is -2.19. The van der Waals surface area contributed by atoms with E-state index < -0.39 is 5.56 Å². The molecule has 0 aliphatic heterocycles. The van der Waals surface area contributed by atoms with Gasteiger partial charge in [0.05, 0.1) is 18.4 Å². The quantitative estimate of drug-likeness (QED) is 0.407. The maximum atomic E-state index is 12.5. The number of Topliss-reactive ketones (excluding diaryl/α,β-unsaturated/α-hetero) is 1. The van der Waals surface area contributed by atoms with Crippen molar-refractivity contribution in [3.63, 3.8) is 0 Å². The first-order valence-corrected chi connectivity index (χ1v) is 10.7. The van der Waals surface area contributed by atoms with Gasteiger partial charge in [-0.15, -0.1) is 0 Å². The third-order valence-corrected chi connectivity index (χ3v) is 5.13. The molecule has 0 spiro atoms. The van der Waals surface area contributed by atoms with E-state index in [1.807, 2.05) is 27.7 Å². The summed E-state index contributed by atoms with van der Waals surface area (Å²) in [6.07, 6.45) is 2.55. The van der Waals surface area contributed by atoms with Crippen LogP contribution >= 0.6 is 0 Å². The van der Waals surface area contributed by atoms with Gasteiger partial charge in [-0.1, -0.05) is 20.8 Å². The molecule has 1 amide bonds. The predicted octanol–water partition coefficient (Wildman–Crippen LogP) is 2.42. The van der Waals surface area contributed by atoms with Gasteiger partial charge in [0.15, 0.2) is 11.2 Å². The van der Waals surface area contributed by atoms with E-state index in [-0.39, 0.29) is 40.3 Å². The number of fused-ring (bicyclic) bond motifs is 1. The number of anilines is 2. The summed E-state index contributed by atoms with van der Waals surface area (Å²) < 4.78 is 0. The van der Waals surface area contributed by atoms with Gasteiger partial charge in [0.25, 0.3) is 11.5 Å². The van der Waals surface area contributed by atoms with Crippen molar-refractivity contribution in [1.29, 1.82) is 0 Å². The maximum Gasteiger partial charge on any atom is 0.280 e. The van der Waals surface area contributed by atoms with Crippen molar-refractivity contribution in [2.75, 3.05) is 11.1 Å². The highest BCUT2D eigenvalue weighted by Crippen LogP contribution is 2.18. The molecule has 1 atom stereocenters. The van der Waals surface area contributed by atoms with Gasteiger partial charge in [-0.3, -0.25) is 19.4 Å². The molecule has 0 radical (unpaired) electrons. The normalized spacial score (nSPS) is 12.4. The average molecular weight is 452 g/mol. The molecular formula is C23H29N7O3. The number of nitrogen functional groups attached to an aromatic ring is 1. The first kappa shape index (κ1) is 23.8. The Hall–Kier alpha value is -3.82. The number of nitrogens with zero attached hydrogens (tertiary/aromatic N) is 3. The molecule has 3 aromatic rings. The Morgan fingerprint density at radius 3 is 2.52 bits per heavy atom. The highest BCUT2D eigenvalue weighted by atomic mass is 16.2. The molecule has 0 aliphatic rings. The Kier molecular flexibility index (Phi) is 7.05. The molecule has 3 rings (SSSR count). The van der Waals surface area contributed by atoms with Crippen LogP contribution < -0.4 is 21.9 Å². The third kappa shape index (κ3) is 6.34. The van der Waals surface area contributed by atoms with Crippen LogP contribution in [0, 0.1) is 5.41 Å². The first-order chi connectivity index (χ1) is 15.5. The van der Waals surface area contributed by atoms with Crippen molar-refractivity contribution < 1.29 is 9.59 Å². The molecule has 10 nitrogen and oxygen atoms in total. The second-order valence-electron chi connectivity index (χ2n) is 9.00. The second kappa shape index (κ2) is 9.76. The zero-order chi connectivity index (χ0) is 24.2. The Morgan fingerprint density at radius 2 is 1.85 bits per heavy atom. The number of hydrogen-bond acceptors (Lipinski definition) is 8. The SMILES string of the molecule is C[C@H](CCC(=O)C(C)(C)C)NC(=O)c1ccc(NCc2cnc3nc(N)[nH]c(=O)c3n2)cc1. The van der Waals surface area contributed by atoms with E-state index >= 15 is 0 Å². The number of aromatic nitrogens is 4. The Labute approximate surface area is 191 Å². The van der Waals surface area contributed by atoms with E-state index in [0.717, 1.165) is 5.69 Å². The Morgan fingerprint density at radius 1 is 1.15 bits per heavy atom. The number of amides is 1. The summed E-state index contributed by atoms with van der Waals surface area (Å²) in [6.45, 7) is 7.91. The summed E-state index contributed by atoms with van der Waals surface area (Å²) in [5, 5.41) is 6.11. The number of nitrogens with one attached hydrogen (secondary N) is 3. The fraction of sp³-hybridized carbons (Fsp3) is 0.391. The number of aromatic amines is 1. The van der Waals surface area contributed by atoms with Crippen molar-refractivity contribution in [3.05, 3.63) is 52.1 Å². The van der Waals surface area contributed by atoms with Gasteiger partial charge >= 0.3 is 0 Å². The summed E-state index contributed by atoms with van der Waals surface area (Å²) in [5.41, 5.74) is 6.86. The largest absolute Gasteiger partial charge is 0.379 e. The van der Waals surface area contributed by atoms with E-state index in [1.54, 1.807) is 24.3 Å². The fourth-order valence-corrected chi connectivity index (χ4v) is 3.09. The summed E-state index contributed by atoms with van der Waals surface area (Å²) in [7, 11) is 0. The minimum Gasteiger partial charge on any atom is -0.379 e. The molecule has 10 heteroatoms. The minimum atomic E-state index is -0.445. The van der Waals surface area contributed by atoms with Crippen LogP contribution in [-0.2, 0) is 11.3 Å². The van der Waals surface area contributed by atoms with Crippen molar-refractivity contribution >= 4 is 34.5 Å². The van der Waals surface area contributed by atoms with Crippen molar-refractivity contribution in [2.45, 2.75) is 53.1 Å². The highest BCUT2D eigenvalue weighted by Gasteiger charge is 2.21. The van der Waals surface area contributed by atoms with Gasteiger partial charge in [0.2, 0.25) is 5.95 Å². The fourth-order valence-electron chi connectivity index (χ4n) is 3.09. The van der Waals surface area contributed by atoms with Crippen LogP contribution in [0.1, 0.15) is 56.6 Å². The van der Waals surface area contributed by atoms with E-state index in [2.05, 4.69) is 30.6 Å². The molecule has 0 unspecified atom stereocenters. The van der Waals surface area contributed by atoms with Gasteiger partial charge in [0.1, 0.15) is 5.78 Å². The molecule has 0 aliphatic carbocycles. The first-order valence-electron chi connectivity index (χ1n) is 10.7. The number of rotatable bonds is 8. The number of carbonyl (C=O) groups is 2. The standard InChI is InChI=1S/C23H29N7O3/c1-13(5-10-17(31)23(2,3)4)27-20(32)14-6-8-15(9-7-14)25-11-16-12-26-19-18(28-16)21(33)30-22(24)29-19/h6-9,12-13,25H,5,10-11H2,1-4H3,(H,27,32)(H3,24,26,29,30,33)/t13-/m1/s1. The monoisotopic (exact) mass is 451 g/mol. The number of benzene rings is 1. The van der Waals surface area contributed by atoms with Crippen LogP contribution in [0.3, 0.4) is 0 Å². The zero-order valence-electron chi connectivity index (χ0n) is 19.2. The van der Waals surface area contributed by atoms with Gasteiger partial charge in [-0.2, -0.15) is 4.98 Å². The molecule has 1 aromatic carbocycles. The van der Waals surface area contributed by atoms with Gasteiger partial charge < -0.3 is 16.4 Å². The number of nitrogens with two attached hydrogens (primary N) is 1. The van der Waals surface area contributed by atoms with E-state index in [4.69, 9.17) is 5.73 Å². The lowest BCUT2D eigenvalue weighted by atomic mass is 9.87. The molecule has 0 bridgehead atoms. The van der Waals surface area contributed by atoms with Crippen molar-refractivity contribution in [1.82, 2.24) is 25.3 Å². The molecular weight excluding hydrogens is 422 g/mol. The minimum absolute atomic E-state index is 0.00964. The van der Waals surface area contributed by atoms with Crippen molar-refractivity contribution in [3.8, 4) is 0 Å². The highest BCUT2D eigenvalue weighted by molar-refractivity contribution is 5.94. The van der Waals surface area contributed by atoms with Crippen LogP contribution in [-0.4, -0.2) is 37.7 Å². The molecule has 174 valence electrons. The molecule has 0 fully saturated rings. The zero-order valence-corrected chi connectivity index (χ0v) is 19.2. The van der Waals surface area contributed by atoms with Gasteiger partial charge in [-0.05, 0) is 37.6 Å². The van der Waals surface area contributed by atoms with E-state index in [0.29, 0.717) is 30.6 Å². The van der Waals surface area contributed by atoms with Crippen LogP contribution in [0.2, 0.25) is 0 Å². The average Bonchev–Trinajstić information content (AvgIpc) is 2.75. The molecule has 33 heavy (non-hydrogen) atoms. The third-order valence-electron chi connectivity index (χ3n) is 5.13. The molecule has 0 saturated heterocycles. The van der Waals surface area contributed by atoms with Crippen LogP contribution in [0.4, 0.5) is 11.6 Å². The number of carbonyl (C=O) groups excluding carboxylic acids is 2. The summed E-state index contributed by atoms with van der Waals surface area (Å²) in [6, 6.07) is 6.89. The Balaban J connectivity index is 1.54. The van der Waals surface area contributed by atoms with Gasteiger partial charge in [-0.25, -0.2) is 9.97 Å². The molecule has 0 saturated carbocycles. The number of H-pyrrole nitrogens is 1. The summed E-state index contributed by atoms with van der Waals surface area (Å²) in [4.78, 5) is 51.3. The maximum absolute atomic E-state index is 12.5. The van der Waals surface area contributed by atoms with Crippen LogP contribution in [0.5, 0.6) is 0 Å². The topological polar surface area (TPSA) is 156 Å². The molecule has 2 aromatic heterocycles. The molecule has 2 heterocycles.